The van der Waals surface area contributed by atoms with E-state index in [2.05, 4.69) is 0 Å². The average Bonchev–Trinajstić information content (AvgIpc) is 2.85. The van der Waals surface area contributed by atoms with Gasteiger partial charge in [0.25, 0.3) is 0 Å². The van der Waals surface area contributed by atoms with E-state index in [1.54, 1.807) is 0 Å². The molecule has 1 aromatic carbocycles. The Balaban J connectivity index is 2.15. The summed E-state index contributed by atoms with van der Waals surface area (Å²) in [7, 11) is -3.57. The van der Waals surface area contributed by atoms with E-state index in [-0.39, 0.29) is 21.6 Å². The van der Waals surface area contributed by atoms with Gasteiger partial charge < -0.3 is 10.5 Å². The molecule has 7 heteroatoms. The molecule has 1 aliphatic heterocycles. The van der Waals surface area contributed by atoms with Crippen LogP contribution in [0.3, 0.4) is 0 Å². The van der Waals surface area contributed by atoms with Crippen LogP contribution in [0.2, 0.25) is 5.02 Å². The lowest BCUT2D eigenvalue weighted by Crippen LogP contribution is -2.37. The summed E-state index contributed by atoms with van der Waals surface area (Å²) in [6, 6.07) is 2.87. The molecule has 0 aliphatic carbocycles. The highest BCUT2D eigenvalue weighted by molar-refractivity contribution is 7.91. The third-order valence-corrected chi connectivity index (χ3v) is 5.32. The first-order valence-corrected chi connectivity index (χ1v) is 7.94. The van der Waals surface area contributed by atoms with Crippen molar-refractivity contribution in [2.45, 2.75) is 17.4 Å². The maximum absolute atomic E-state index is 13.0. The minimum absolute atomic E-state index is 0.00624. The second-order valence-corrected chi connectivity index (χ2v) is 7.09. The van der Waals surface area contributed by atoms with Gasteiger partial charge in [-0.25, -0.2) is 12.8 Å². The first-order valence-electron chi connectivity index (χ1n) is 5.91. The van der Waals surface area contributed by atoms with Gasteiger partial charge in [-0.3, -0.25) is 0 Å². The Morgan fingerprint density at radius 1 is 1.53 bits per heavy atom. The zero-order chi connectivity index (χ0) is 14.0. The molecule has 2 rings (SSSR count). The van der Waals surface area contributed by atoms with Crippen molar-refractivity contribution in [2.75, 3.05) is 19.0 Å². The number of hydrogen-bond donors (Lipinski definition) is 1. The smallest absolute Gasteiger partial charge is 0.179 e. The third kappa shape index (κ3) is 3.45. The van der Waals surface area contributed by atoms with E-state index in [4.69, 9.17) is 22.1 Å². The van der Waals surface area contributed by atoms with E-state index in [0.29, 0.717) is 13.2 Å². The van der Waals surface area contributed by atoms with Crippen LogP contribution < -0.4 is 5.73 Å². The standard InChI is InChI=1S/C12H15ClFNO3S/c13-10-5-9(1-2-11(10)14)19(16,17)7-12(15)8-3-4-18-6-8/h1-2,5,8,12H,3-4,6-7,15H2. The second-order valence-electron chi connectivity index (χ2n) is 4.64. The van der Waals surface area contributed by atoms with Gasteiger partial charge >= 0.3 is 0 Å². The molecule has 19 heavy (non-hydrogen) atoms. The summed E-state index contributed by atoms with van der Waals surface area (Å²) >= 11 is 5.59. The third-order valence-electron chi connectivity index (χ3n) is 3.23. The van der Waals surface area contributed by atoms with Crippen molar-refractivity contribution in [1.29, 1.82) is 0 Å². The highest BCUT2D eigenvalue weighted by atomic mass is 35.5. The largest absolute Gasteiger partial charge is 0.381 e. The summed E-state index contributed by atoms with van der Waals surface area (Å²) in [4.78, 5) is -0.00624. The predicted octanol–water partition coefficient (Wildman–Crippen LogP) is 1.62. The van der Waals surface area contributed by atoms with E-state index in [0.717, 1.165) is 18.6 Å². The summed E-state index contributed by atoms with van der Waals surface area (Å²) in [6.45, 7) is 1.10. The summed E-state index contributed by atoms with van der Waals surface area (Å²) in [5, 5.41) is -0.209. The molecule has 2 N–H and O–H groups in total. The van der Waals surface area contributed by atoms with Crippen LogP contribution in [0.5, 0.6) is 0 Å². The minimum atomic E-state index is -3.57. The van der Waals surface area contributed by atoms with Crippen LogP contribution in [0.15, 0.2) is 23.1 Å². The molecule has 2 unspecified atom stereocenters. The van der Waals surface area contributed by atoms with E-state index in [9.17, 15) is 12.8 Å². The molecule has 106 valence electrons. The van der Waals surface area contributed by atoms with Crippen molar-refractivity contribution in [2.24, 2.45) is 11.7 Å². The van der Waals surface area contributed by atoms with E-state index in [1.165, 1.54) is 6.07 Å². The van der Waals surface area contributed by atoms with Crippen LogP contribution in [-0.2, 0) is 14.6 Å². The van der Waals surface area contributed by atoms with Gasteiger partial charge in [-0.15, -0.1) is 0 Å². The molecule has 0 radical (unpaired) electrons. The lowest BCUT2D eigenvalue weighted by Gasteiger charge is -2.17. The molecule has 0 saturated carbocycles. The van der Waals surface area contributed by atoms with Crippen LogP contribution in [0.25, 0.3) is 0 Å². The Morgan fingerprint density at radius 3 is 2.84 bits per heavy atom. The first-order chi connectivity index (χ1) is 8.90. The highest BCUT2D eigenvalue weighted by Crippen LogP contribution is 2.23. The van der Waals surface area contributed by atoms with Crippen molar-refractivity contribution in [1.82, 2.24) is 0 Å². The molecule has 1 aromatic rings. The van der Waals surface area contributed by atoms with Crippen molar-refractivity contribution in [3.05, 3.63) is 29.0 Å². The Hall–Kier alpha value is -0.690. The summed E-state index contributed by atoms with van der Waals surface area (Å²) in [5.74, 6) is -0.789. The molecule has 1 heterocycles. The van der Waals surface area contributed by atoms with Gasteiger partial charge in [0, 0.05) is 18.6 Å². The van der Waals surface area contributed by atoms with Gasteiger partial charge in [0.1, 0.15) is 5.82 Å². The van der Waals surface area contributed by atoms with E-state index < -0.39 is 21.7 Å². The molecule has 0 aromatic heterocycles. The van der Waals surface area contributed by atoms with Crippen LogP contribution in [0.1, 0.15) is 6.42 Å². The van der Waals surface area contributed by atoms with Crippen LogP contribution in [0.4, 0.5) is 4.39 Å². The van der Waals surface area contributed by atoms with Gasteiger partial charge in [-0.05, 0) is 24.6 Å². The Kier molecular flexibility index (Phi) is 4.45. The fourth-order valence-electron chi connectivity index (χ4n) is 2.05. The number of sulfone groups is 1. The zero-order valence-corrected chi connectivity index (χ0v) is 11.8. The molecule has 4 nitrogen and oxygen atoms in total. The second kappa shape index (κ2) is 5.75. The first kappa shape index (κ1) is 14.7. The maximum atomic E-state index is 13.0. The minimum Gasteiger partial charge on any atom is -0.381 e. The summed E-state index contributed by atoms with van der Waals surface area (Å²) in [6.07, 6.45) is 0.765. The monoisotopic (exact) mass is 307 g/mol. The van der Waals surface area contributed by atoms with Crippen molar-refractivity contribution < 1.29 is 17.5 Å². The number of halogens is 2. The van der Waals surface area contributed by atoms with E-state index in [1.807, 2.05) is 0 Å². The van der Waals surface area contributed by atoms with Crippen molar-refractivity contribution in [3.8, 4) is 0 Å². The Morgan fingerprint density at radius 2 is 2.26 bits per heavy atom. The van der Waals surface area contributed by atoms with Crippen LogP contribution in [0, 0.1) is 11.7 Å². The molecule has 2 atom stereocenters. The van der Waals surface area contributed by atoms with Gasteiger partial charge in [-0.2, -0.15) is 0 Å². The van der Waals surface area contributed by atoms with E-state index >= 15 is 0 Å². The van der Waals surface area contributed by atoms with Gasteiger partial charge in [0.15, 0.2) is 9.84 Å². The van der Waals surface area contributed by atoms with Crippen LogP contribution in [-0.4, -0.2) is 33.4 Å². The normalized spacial score (nSPS) is 21.5. The van der Waals surface area contributed by atoms with Gasteiger partial charge in [-0.1, -0.05) is 11.6 Å². The Labute approximate surface area is 116 Å². The molecule has 1 fully saturated rings. The summed E-state index contributed by atoms with van der Waals surface area (Å²) in [5.41, 5.74) is 5.90. The highest BCUT2D eigenvalue weighted by Gasteiger charge is 2.28. The molecule has 0 bridgehead atoms. The molecule has 0 spiro atoms. The van der Waals surface area contributed by atoms with Crippen molar-refractivity contribution in [3.63, 3.8) is 0 Å². The predicted molar refractivity (Wildman–Crippen MR) is 70.4 cm³/mol. The number of benzene rings is 1. The molecular formula is C12H15ClFNO3S. The zero-order valence-electron chi connectivity index (χ0n) is 10.2. The Bertz CT molecular complexity index is 558. The fraction of sp³-hybridized carbons (Fsp3) is 0.500. The van der Waals surface area contributed by atoms with Gasteiger partial charge in [0.05, 0.1) is 22.3 Å². The molecule has 0 amide bonds. The quantitative estimate of drug-likeness (QED) is 0.858. The topological polar surface area (TPSA) is 69.4 Å². The molecule has 1 saturated heterocycles. The number of rotatable bonds is 4. The van der Waals surface area contributed by atoms with Crippen LogP contribution >= 0.6 is 11.6 Å². The SMILES string of the molecule is NC(CS(=O)(=O)c1ccc(F)c(Cl)c1)C1CCOC1. The number of ether oxygens (including phenoxy) is 1. The molecule has 1 aliphatic rings. The maximum Gasteiger partial charge on any atom is 0.179 e. The lowest BCUT2D eigenvalue weighted by molar-refractivity contribution is 0.182. The summed E-state index contributed by atoms with van der Waals surface area (Å²) < 4.78 is 42.5. The molecular weight excluding hydrogens is 293 g/mol. The van der Waals surface area contributed by atoms with Gasteiger partial charge in [0.2, 0.25) is 0 Å². The fourth-order valence-corrected chi connectivity index (χ4v) is 3.84. The average molecular weight is 308 g/mol. The van der Waals surface area contributed by atoms with Crippen molar-refractivity contribution >= 4 is 21.4 Å². The number of nitrogens with two attached hydrogens (primary N) is 1. The lowest BCUT2D eigenvalue weighted by atomic mass is 10.0. The number of hydrogen-bond acceptors (Lipinski definition) is 4.